The van der Waals surface area contributed by atoms with Gasteiger partial charge in [0.05, 0.1) is 22.3 Å². The monoisotopic (exact) mass is 332 g/mol. The van der Waals surface area contributed by atoms with Crippen LogP contribution in [0.5, 0.6) is 0 Å². The van der Waals surface area contributed by atoms with Crippen molar-refractivity contribution in [2.75, 3.05) is 5.32 Å². The number of aryl methyl sites for hydroxylation is 3. The molecule has 25 heavy (non-hydrogen) atoms. The normalized spacial score (nSPS) is 10.6. The number of hydrogen-bond acceptors (Lipinski definition) is 3. The number of imidazole rings is 1. The summed E-state index contributed by atoms with van der Waals surface area (Å²) in [6.45, 7) is 6.31. The van der Waals surface area contributed by atoms with Crippen LogP contribution in [-0.4, -0.2) is 15.5 Å². The molecule has 1 amide bonds. The summed E-state index contributed by atoms with van der Waals surface area (Å²) in [6, 6.07) is 13.2. The molecule has 3 rings (SSSR count). The molecule has 5 heteroatoms. The SMILES string of the molecule is CCc1nc2cc(C)c(C)cc2n1CC(=O)Nc1ccccc1C#N. The van der Waals surface area contributed by atoms with Gasteiger partial charge in [0, 0.05) is 6.42 Å². The number of anilines is 1. The molecule has 0 bridgehead atoms. The molecule has 2 aromatic carbocycles. The van der Waals surface area contributed by atoms with Gasteiger partial charge in [0.1, 0.15) is 18.4 Å². The summed E-state index contributed by atoms with van der Waals surface area (Å²) < 4.78 is 1.95. The zero-order valence-electron chi connectivity index (χ0n) is 14.6. The van der Waals surface area contributed by atoms with Crippen LogP contribution in [0.2, 0.25) is 0 Å². The number of carbonyl (C=O) groups is 1. The number of nitrogens with zero attached hydrogens (tertiary/aromatic N) is 3. The van der Waals surface area contributed by atoms with E-state index in [9.17, 15) is 4.79 Å². The van der Waals surface area contributed by atoms with E-state index in [2.05, 4.69) is 42.4 Å². The number of para-hydroxylation sites is 1. The zero-order chi connectivity index (χ0) is 18.0. The van der Waals surface area contributed by atoms with E-state index in [0.29, 0.717) is 11.3 Å². The smallest absolute Gasteiger partial charge is 0.244 e. The van der Waals surface area contributed by atoms with Gasteiger partial charge in [-0.25, -0.2) is 4.98 Å². The molecule has 1 N–H and O–H groups in total. The molecule has 0 aliphatic carbocycles. The molecule has 0 spiro atoms. The van der Waals surface area contributed by atoms with Crippen molar-refractivity contribution in [1.82, 2.24) is 9.55 Å². The van der Waals surface area contributed by atoms with Crippen LogP contribution in [-0.2, 0) is 17.8 Å². The van der Waals surface area contributed by atoms with Crippen molar-refractivity contribution in [3.05, 3.63) is 58.9 Å². The average Bonchev–Trinajstić information content (AvgIpc) is 2.92. The first-order chi connectivity index (χ1) is 12.0. The van der Waals surface area contributed by atoms with Gasteiger partial charge in [-0.15, -0.1) is 0 Å². The van der Waals surface area contributed by atoms with E-state index in [1.807, 2.05) is 11.5 Å². The van der Waals surface area contributed by atoms with E-state index in [4.69, 9.17) is 5.26 Å². The molecule has 0 atom stereocenters. The minimum atomic E-state index is -0.171. The van der Waals surface area contributed by atoms with Crippen molar-refractivity contribution in [2.24, 2.45) is 0 Å². The lowest BCUT2D eigenvalue weighted by Gasteiger charge is -2.10. The van der Waals surface area contributed by atoms with Gasteiger partial charge < -0.3 is 9.88 Å². The molecule has 1 aromatic heterocycles. The Balaban J connectivity index is 1.93. The standard InChI is InChI=1S/C20H20N4O/c1-4-19-22-17-9-13(2)14(3)10-18(17)24(19)12-20(25)23-16-8-6-5-7-15(16)11-21/h5-10H,4,12H2,1-3H3,(H,23,25). The number of aromatic nitrogens is 2. The van der Waals surface area contributed by atoms with Crippen LogP contribution in [0.1, 0.15) is 29.4 Å². The third-order valence-electron chi connectivity index (χ3n) is 4.38. The van der Waals surface area contributed by atoms with Crippen molar-refractivity contribution in [2.45, 2.75) is 33.7 Å². The fourth-order valence-corrected chi connectivity index (χ4v) is 2.90. The molecule has 0 saturated heterocycles. The molecule has 0 aliphatic heterocycles. The minimum Gasteiger partial charge on any atom is -0.323 e. The highest BCUT2D eigenvalue weighted by atomic mass is 16.1. The first kappa shape index (κ1) is 16.7. The van der Waals surface area contributed by atoms with Gasteiger partial charge in [-0.2, -0.15) is 5.26 Å². The number of rotatable bonds is 4. The fourth-order valence-electron chi connectivity index (χ4n) is 2.90. The maximum Gasteiger partial charge on any atom is 0.244 e. The van der Waals surface area contributed by atoms with Gasteiger partial charge in [0.25, 0.3) is 0 Å². The summed E-state index contributed by atoms with van der Waals surface area (Å²) in [4.78, 5) is 17.2. The van der Waals surface area contributed by atoms with Crippen molar-refractivity contribution in [3.63, 3.8) is 0 Å². The highest BCUT2D eigenvalue weighted by Crippen LogP contribution is 2.22. The van der Waals surface area contributed by atoms with Crippen LogP contribution in [0.25, 0.3) is 11.0 Å². The molecular formula is C20H20N4O. The van der Waals surface area contributed by atoms with Gasteiger partial charge in [-0.1, -0.05) is 19.1 Å². The second-order valence-corrected chi connectivity index (χ2v) is 6.10. The number of fused-ring (bicyclic) bond motifs is 1. The van der Waals surface area contributed by atoms with Crippen LogP contribution in [0.3, 0.4) is 0 Å². The van der Waals surface area contributed by atoms with Crippen molar-refractivity contribution in [3.8, 4) is 6.07 Å². The third-order valence-corrected chi connectivity index (χ3v) is 4.38. The maximum absolute atomic E-state index is 12.5. The summed E-state index contributed by atoms with van der Waals surface area (Å²) in [5.41, 5.74) is 5.21. The molecule has 0 radical (unpaired) electrons. The number of amides is 1. The second-order valence-electron chi connectivity index (χ2n) is 6.10. The molecule has 0 saturated carbocycles. The Bertz CT molecular complexity index is 995. The molecule has 0 fully saturated rings. The van der Waals surface area contributed by atoms with Gasteiger partial charge in [0.2, 0.25) is 5.91 Å². The Morgan fingerprint density at radius 1 is 1.24 bits per heavy atom. The minimum absolute atomic E-state index is 0.169. The van der Waals surface area contributed by atoms with E-state index in [0.717, 1.165) is 23.3 Å². The lowest BCUT2D eigenvalue weighted by molar-refractivity contribution is -0.116. The molecule has 1 heterocycles. The molecule has 3 aromatic rings. The highest BCUT2D eigenvalue weighted by molar-refractivity contribution is 5.93. The Kier molecular flexibility index (Phi) is 4.53. The Hall–Kier alpha value is -3.13. The molecular weight excluding hydrogens is 312 g/mol. The van der Waals surface area contributed by atoms with Crippen LogP contribution in [0, 0.1) is 25.2 Å². The predicted octanol–water partition coefficient (Wildman–Crippen LogP) is 3.73. The van der Waals surface area contributed by atoms with Crippen LogP contribution in [0.4, 0.5) is 5.69 Å². The number of nitriles is 1. The first-order valence-corrected chi connectivity index (χ1v) is 8.28. The first-order valence-electron chi connectivity index (χ1n) is 8.28. The van der Waals surface area contributed by atoms with E-state index >= 15 is 0 Å². The van der Waals surface area contributed by atoms with Crippen molar-refractivity contribution < 1.29 is 4.79 Å². The summed E-state index contributed by atoms with van der Waals surface area (Å²) in [5.74, 6) is 0.707. The average molecular weight is 332 g/mol. The van der Waals surface area contributed by atoms with Gasteiger partial charge in [-0.05, 0) is 49.2 Å². The second kappa shape index (κ2) is 6.78. The summed E-state index contributed by atoms with van der Waals surface area (Å²) in [6.07, 6.45) is 0.745. The number of hydrogen-bond donors (Lipinski definition) is 1. The molecule has 0 aliphatic rings. The van der Waals surface area contributed by atoms with Gasteiger partial charge in [-0.3, -0.25) is 4.79 Å². The lowest BCUT2D eigenvalue weighted by Crippen LogP contribution is -2.20. The largest absolute Gasteiger partial charge is 0.323 e. The van der Waals surface area contributed by atoms with E-state index in [-0.39, 0.29) is 12.5 Å². The molecule has 5 nitrogen and oxygen atoms in total. The number of nitrogens with one attached hydrogen (secondary N) is 1. The van der Waals surface area contributed by atoms with E-state index in [1.54, 1.807) is 24.3 Å². The Morgan fingerprint density at radius 2 is 1.96 bits per heavy atom. The summed E-state index contributed by atoms with van der Waals surface area (Å²) >= 11 is 0. The highest BCUT2D eigenvalue weighted by Gasteiger charge is 2.14. The van der Waals surface area contributed by atoms with Crippen LogP contribution in [0.15, 0.2) is 36.4 Å². The fraction of sp³-hybridized carbons (Fsp3) is 0.250. The lowest BCUT2D eigenvalue weighted by atomic mass is 10.1. The van der Waals surface area contributed by atoms with Crippen LogP contribution >= 0.6 is 0 Å². The van der Waals surface area contributed by atoms with E-state index < -0.39 is 0 Å². The maximum atomic E-state index is 12.5. The molecule has 126 valence electrons. The van der Waals surface area contributed by atoms with Crippen molar-refractivity contribution >= 4 is 22.6 Å². The number of benzene rings is 2. The van der Waals surface area contributed by atoms with Gasteiger partial charge >= 0.3 is 0 Å². The summed E-state index contributed by atoms with van der Waals surface area (Å²) in [7, 11) is 0. The zero-order valence-corrected chi connectivity index (χ0v) is 14.6. The van der Waals surface area contributed by atoms with Crippen LogP contribution < -0.4 is 5.32 Å². The number of carbonyl (C=O) groups excluding carboxylic acids is 1. The predicted molar refractivity (Wildman–Crippen MR) is 98.4 cm³/mol. The Labute approximate surface area is 146 Å². The van der Waals surface area contributed by atoms with Crippen molar-refractivity contribution in [1.29, 1.82) is 5.26 Å². The quantitative estimate of drug-likeness (QED) is 0.791. The van der Waals surface area contributed by atoms with Gasteiger partial charge in [0.15, 0.2) is 0 Å². The topological polar surface area (TPSA) is 70.7 Å². The third kappa shape index (κ3) is 3.24. The Morgan fingerprint density at radius 3 is 2.68 bits per heavy atom. The molecule has 0 unspecified atom stereocenters. The van der Waals surface area contributed by atoms with E-state index in [1.165, 1.54) is 11.1 Å². The summed E-state index contributed by atoms with van der Waals surface area (Å²) in [5, 5.41) is 12.0.